The van der Waals surface area contributed by atoms with Crippen molar-refractivity contribution < 1.29 is 9.53 Å². The van der Waals surface area contributed by atoms with Gasteiger partial charge in [0.25, 0.3) is 5.91 Å². The lowest BCUT2D eigenvalue weighted by molar-refractivity contribution is -0.118. The van der Waals surface area contributed by atoms with Crippen LogP contribution in [0.5, 0.6) is 5.75 Å². The Bertz CT molecular complexity index is 623. The third kappa shape index (κ3) is 2.74. The van der Waals surface area contributed by atoms with Crippen LogP contribution in [0, 0.1) is 6.92 Å². The maximum atomic E-state index is 11.2. The summed E-state index contributed by atoms with van der Waals surface area (Å²) in [4.78, 5) is 13.5. The second kappa shape index (κ2) is 4.97. The molecule has 1 aliphatic heterocycles. The van der Waals surface area contributed by atoms with Crippen LogP contribution in [-0.4, -0.2) is 12.5 Å². The van der Waals surface area contributed by atoms with Gasteiger partial charge in [-0.05, 0) is 37.3 Å². The molecule has 1 N–H and O–H groups in total. The highest BCUT2D eigenvalue weighted by Gasteiger charge is 2.15. The van der Waals surface area contributed by atoms with Gasteiger partial charge in [-0.25, -0.2) is 0 Å². The van der Waals surface area contributed by atoms with Crippen molar-refractivity contribution in [2.45, 2.75) is 16.7 Å². The first kappa shape index (κ1) is 12.1. The Morgan fingerprint density at radius 1 is 1.11 bits per heavy atom. The van der Waals surface area contributed by atoms with Crippen LogP contribution in [0.1, 0.15) is 5.56 Å². The maximum absolute atomic E-state index is 11.2. The lowest BCUT2D eigenvalue weighted by Crippen LogP contribution is -2.25. The molecule has 0 saturated heterocycles. The van der Waals surface area contributed by atoms with Crippen LogP contribution in [0.15, 0.2) is 52.3 Å². The van der Waals surface area contributed by atoms with Crippen molar-refractivity contribution in [3.63, 3.8) is 0 Å². The summed E-state index contributed by atoms with van der Waals surface area (Å²) in [5.74, 6) is 0.628. The molecule has 0 aliphatic carbocycles. The van der Waals surface area contributed by atoms with Crippen LogP contribution in [0.25, 0.3) is 0 Å². The number of hydrogen-bond donors (Lipinski definition) is 1. The number of fused-ring (bicyclic) bond motifs is 1. The summed E-state index contributed by atoms with van der Waals surface area (Å²) in [7, 11) is 0. The smallest absolute Gasteiger partial charge is 0.262 e. The third-order valence-electron chi connectivity index (χ3n) is 2.84. The van der Waals surface area contributed by atoms with Crippen molar-refractivity contribution in [2.75, 3.05) is 11.9 Å². The Balaban J connectivity index is 1.82. The van der Waals surface area contributed by atoms with Gasteiger partial charge in [-0.3, -0.25) is 4.79 Å². The van der Waals surface area contributed by atoms with E-state index in [2.05, 4.69) is 36.5 Å². The first-order valence-electron chi connectivity index (χ1n) is 6.02. The molecular formula is C15H13NO2S. The summed E-state index contributed by atoms with van der Waals surface area (Å²) in [6, 6.07) is 14.2. The molecule has 2 aromatic rings. The molecule has 2 aromatic carbocycles. The topological polar surface area (TPSA) is 38.3 Å². The zero-order valence-corrected chi connectivity index (χ0v) is 11.3. The highest BCUT2D eigenvalue weighted by molar-refractivity contribution is 7.99. The highest BCUT2D eigenvalue weighted by atomic mass is 32.2. The molecule has 0 fully saturated rings. The molecule has 0 unspecified atom stereocenters. The molecule has 0 radical (unpaired) electrons. The maximum Gasteiger partial charge on any atom is 0.262 e. The fraction of sp³-hybridized carbons (Fsp3) is 0.133. The van der Waals surface area contributed by atoms with E-state index < -0.39 is 0 Å². The van der Waals surface area contributed by atoms with Gasteiger partial charge in [0.15, 0.2) is 6.61 Å². The normalized spacial score (nSPS) is 13.4. The summed E-state index contributed by atoms with van der Waals surface area (Å²) in [6.45, 7) is 2.16. The summed E-state index contributed by atoms with van der Waals surface area (Å²) < 4.78 is 5.41. The van der Waals surface area contributed by atoms with E-state index in [1.165, 1.54) is 10.5 Å². The van der Waals surface area contributed by atoms with Gasteiger partial charge in [0, 0.05) is 9.79 Å². The number of ether oxygens (including phenoxy) is 1. The van der Waals surface area contributed by atoms with Gasteiger partial charge >= 0.3 is 0 Å². The molecule has 1 aliphatic rings. The van der Waals surface area contributed by atoms with Gasteiger partial charge in [-0.2, -0.15) is 0 Å². The monoisotopic (exact) mass is 271 g/mol. The minimum atomic E-state index is -0.105. The van der Waals surface area contributed by atoms with Crippen LogP contribution < -0.4 is 10.1 Å². The van der Waals surface area contributed by atoms with E-state index in [9.17, 15) is 4.79 Å². The Morgan fingerprint density at radius 2 is 1.84 bits per heavy atom. The molecule has 3 rings (SSSR count). The average Bonchev–Trinajstić information content (AvgIpc) is 2.42. The second-order valence-electron chi connectivity index (χ2n) is 4.41. The Hall–Kier alpha value is -1.94. The number of carbonyl (C=O) groups excluding carboxylic acids is 1. The SMILES string of the molecule is Cc1ccc(Sc2ccc3c(c2)OCC(=O)N3)cc1. The lowest BCUT2D eigenvalue weighted by atomic mass is 10.2. The number of benzene rings is 2. The molecule has 0 atom stereocenters. The van der Waals surface area contributed by atoms with E-state index in [0.29, 0.717) is 0 Å². The number of hydrogen-bond acceptors (Lipinski definition) is 3. The molecule has 3 nitrogen and oxygen atoms in total. The van der Waals surface area contributed by atoms with Crippen LogP contribution in [0.4, 0.5) is 5.69 Å². The van der Waals surface area contributed by atoms with Gasteiger partial charge in [-0.1, -0.05) is 29.5 Å². The highest BCUT2D eigenvalue weighted by Crippen LogP contribution is 2.35. The molecular weight excluding hydrogens is 258 g/mol. The molecule has 0 spiro atoms. The van der Waals surface area contributed by atoms with Crippen molar-refractivity contribution in [1.82, 2.24) is 0 Å². The molecule has 0 aromatic heterocycles. The number of rotatable bonds is 2. The van der Waals surface area contributed by atoms with Gasteiger partial charge in [-0.15, -0.1) is 0 Å². The molecule has 0 saturated carbocycles. The van der Waals surface area contributed by atoms with Gasteiger partial charge in [0.1, 0.15) is 5.75 Å². The molecule has 4 heteroatoms. The van der Waals surface area contributed by atoms with E-state index in [4.69, 9.17) is 4.74 Å². The van der Waals surface area contributed by atoms with E-state index >= 15 is 0 Å². The van der Waals surface area contributed by atoms with Crippen molar-refractivity contribution >= 4 is 23.4 Å². The first-order chi connectivity index (χ1) is 9.20. The molecule has 1 amide bonds. The quantitative estimate of drug-likeness (QED) is 0.908. The standard InChI is InChI=1S/C15H13NO2S/c1-10-2-4-11(5-3-10)19-12-6-7-13-14(8-12)18-9-15(17)16-13/h2-8H,9H2,1H3,(H,16,17). The molecule has 96 valence electrons. The Morgan fingerprint density at radius 3 is 2.63 bits per heavy atom. The minimum Gasteiger partial charge on any atom is -0.482 e. The number of nitrogens with one attached hydrogen (secondary N) is 1. The van der Waals surface area contributed by atoms with E-state index in [-0.39, 0.29) is 12.5 Å². The molecule has 19 heavy (non-hydrogen) atoms. The summed E-state index contributed by atoms with van der Waals surface area (Å²) in [5, 5.41) is 2.79. The number of amides is 1. The number of anilines is 1. The van der Waals surface area contributed by atoms with Crippen molar-refractivity contribution in [2.24, 2.45) is 0 Å². The van der Waals surface area contributed by atoms with Crippen molar-refractivity contribution in [3.8, 4) is 5.75 Å². The van der Waals surface area contributed by atoms with Crippen molar-refractivity contribution in [3.05, 3.63) is 48.0 Å². The zero-order chi connectivity index (χ0) is 13.2. The van der Waals surface area contributed by atoms with Crippen LogP contribution in [0.3, 0.4) is 0 Å². The lowest BCUT2D eigenvalue weighted by Gasteiger charge is -2.18. The predicted molar refractivity (Wildman–Crippen MR) is 75.9 cm³/mol. The van der Waals surface area contributed by atoms with Crippen molar-refractivity contribution in [1.29, 1.82) is 0 Å². The van der Waals surface area contributed by atoms with E-state index in [1.54, 1.807) is 11.8 Å². The minimum absolute atomic E-state index is 0.0889. The largest absolute Gasteiger partial charge is 0.482 e. The van der Waals surface area contributed by atoms with Crippen LogP contribution in [0.2, 0.25) is 0 Å². The number of carbonyl (C=O) groups is 1. The predicted octanol–water partition coefficient (Wildman–Crippen LogP) is 3.48. The molecule has 0 bridgehead atoms. The van der Waals surface area contributed by atoms with Gasteiger partial charge in [0.2, 0.25) is 0 Å². The fourth-order valence-electron chi connectivity index (χ4n) is 1.86. The van der Waals surface area contributed by atoms with E-state index in [1.807, 2.05) is 18.2 Å². The Labute approximate surface area is 116 Å². The summed E-state index contributed by atoms with van der Waals surface area (Å²) in [5.41, 5.74) is 1.99. The summed E-state index contributed by atoms with van der Waals surface area (Å²) >= 11 is 1.68. The van der Waals surface area contributed by atoms with Gasteiger partial charge in [0.05, 0.1) is 5.69 Å². The fourth-order valence-corrected chi connectivity index (χ4v) is 2.71. The first-order valence-corrected chi connectivity index (χ1v) is 6.83. The zero-order valence-electron chi connectivity index (χ0n) is 10.5. The average molecular weight is 271 g/mol. The van der Waals surface area contributed by atoms with Crippen LogP contribution >= 0.6 is 11.8 Å². The third-order valence-corrected chi connectivity index (χ3v) is 3.84. The van der Waals surface area contributed by atoms with Crippen LogP contribution in [-0.2, 0) is 4.79 Å². The van der Waals surface area contributed by atoms with Gasteiger partial charge < -0.3 is 10.1 Å². The summed E-state index contributed by atoms with van der Waals surface area (Å²) in [6.07, 6.45) is 0. The van der Waals surface area contributed by atoms with E-state index in [0.717, 1.165) is 16.3 Å². The second-order valence-corrected chi connectivity index (χ2v) is 5.56. The number of aryl methyl sites for hydroxylation is 1. The Kier molecular flexibility index (Phi) is 3.17. The molecule has 1 heterocycles.